The van der Waals surface area contributed by atoms with Crippen LogP contribution in [0.15, 0.2) is 0 Å². The van der Waals surface area contributed by atoms with Crippen molar-refractivity contribution in [2.75, 3.05) is 13.1 Å². The quantitative estimate of drug-likeness (QED) is 0.574. The van der Waals surface area contributed by atoms with Gasteiger partial charge in [-0.1, -0.05) is 20.8 Å². The third-order valence-electron chi connectivity index (χ3n) is 2.10. The van der Waals surface area contributed by atoms with Crippen molar-refractivity contribution < 1.29 is 0 Å². The van der Waals surface area contributed by atoms with Gasteiger partial charge in [0, 0.05) is 6.04 Å². The van der Waals surface area contributed by atoms with Crippen molar-refractivity contribution in [3.05, 3.63) is 0 Å². The summed E-state index contributed by atoms with van der Waals surface area (Å²) < 4.78 is 0. The van der Waals surface area contributed by atoms with Gasteiger partial charge in [0.15, 0.2) is 0 Å². The van der Waals surface area contributed by atoms with E-state index in [0.29, 0.717) is 0 Å². The maximum atomic E-state index is 2.53. The topological polar surface area (TPSA) is 3.24 Å². The summed E-state index contributed by atoms with van der Waals surface area (Å²) in [4.78, 5) is 2.53. The van der Waals surface area contributed by atoms with Crippen LogP contribution >= 0.6 is 0 Å². The van der Waals surface area contributed by atoms with Gasteiger partial charge in [0.05, 0.1) is 0 Å². The van der Waals surface area contributed by atoms with Gasteiger partial charge in [-0.05, 0) is 32.9 Å². The van der Waals surface area contributed by atoms with Crippen LogP contribution in [0.5, 0.6) is 0 Å². The lowest BCUT2D eigenvalue weighted by molar-refractivity contribution is 0.125. The van der Waals surface area contributed by atoms with E-state index >= 15 is 0 Å². The van der Waals surface area contributed by atoms with Crippen LogP contribution in [-0.4, -0.2) is 24.0 Å². The Morgan fingerprint density at radius 1 is 1.30 bits per heavy atom. The molecule has 62 valence electrons. The first-order valence-electron chi connectivity index (χ1n) is 4.58. The van der Waals surface area contributed by atoms with Crippen molar-refractivity contribution in [1.82, 2.24) is 4.90 Å². The van der Waals surface area contributed by atoms with E-state index in [4.69, 9.17) is 0 Å². The highest BCUT2D eigenvalue weighted by atomic mass is 15.2. The zero-order valence-corrected chi connectivity index (χ0v) is 7.85. The fourth-order valence-electron chi connectivity index (χ4n) is 1.04. The summed E-state index contributed by atoms with van der Waals surface area (Å²) in [6, 6.07) is 0.837. The second-order valence-corrected chi connectivity index (χ2v) is 2.65. The van der Waals surface area contributed by atoms with Crippen molar-refractivity contribution in [1.29, 1.82) is 0 Å². The second kappa shape index (κ2) is 5.72. The highest BCUT2D eigenvalue weighted by molar-refractivity contribution is 4.73. The summed E-state index contributed by atoms with van der Waals surface area (Å²) >= 11 is 0. The Balaban J connectivity index is 0.000000371. The largest absolute Gasteiger partial charge is 0.301 e. The average Bonchev–Trinajstić information content (AvgIpc) is 1.89. The molecule has 10 heavy (non-hydrogen) atoms. The van der Waals surface area contributed by atoms with E-state index in [1.165, 1.54) is 25.9 Å². The van der Waals surface area contributed by atoms with Gasteiger partial charge >= 0.3 is 0 Å². The van der Waals surface area contributed by atoms with E-state index in [0.717, 1.165) is 6.04 Å². The van der Waals surface area contributed by atoms with Crippen molar-refractivity contribution in [2.45, 2.75) is 46.6 Å². The lowest BCUT2D eigenvalue weighted by atomic mass is 10.1. The summed E-state index contributed by atoms with van der Waals surface area (Å²) in [5.41, 5.74) is 0. The second-order valence-electron chi connectivity index (χ2n) is 2.65. The molecule has 0 amide bonds. The van der Waals surface area contributed by atoms with Crippen molar-refractivity contribution >= 4 is 0 Å². The Morgan fingerprint density at radius 3 is 1.90 bits per heavy atom. The molecule has 0 radical (unpaired) electrons. The summed E-state index contributed by atoms with van der Waals surface area (Å²) in [5, 5.41) is 0. The number of rotatable bonds is 2. The SMILES string of the molecule is CC.CCC(C)N1CCC1. The van der Waals surface area contributed by atoms with Gasteiger partial charge < -0.3 is 4.90 Å². The lowest BCUT2D eigenvalue weighted by Crippen LogP contribution is -2.43. The first-order valence-corrected chi connectivity index (χ1v) is 4.58. The van der Waals surface area contributed by atoms with Crippen molar-refractivity contribution in [3.63, 3.8) is 0 Å². The molecule has 1 atom stereocenters. The predicted octanol–water partition coefficient (Wildman–Crippen LogP) is 2.52. The molecule has 1 aliphatic heterocycles. The Morgan fingerprint density at radius 2 is 1.80 bits per heavy atom. The van der Waals surface area contributed by atoms with Crippen LogP contribution < -0.4 is 0 Å². The first kappa shape index (κ1) is 9.96. The van der Waals surface area contributed by atoms with Crippen LogP contribution in [0, 0.1) is 0 Å². The van der Waals surface area contributed by atoms with E-state index in [2.05, 4.69) is 18.7 Å². The minimum absolute atomic E-state index is 0.837. The van der Waals surface area contributed by atoms with E-state index in [9.17, 15) is 0 Å². The molecule has 0 N–H and O–H groups in total. The minimum atomic E-state index is 0.837. The normalized spacial score (nSPS) is 20.4. The monoisotopic (exact) mass is 143 g/mol. The molecular weight excluding hydrogens is 122 g/mol. The molecule has 1 heteroatoms. The van der Waals surface area contributed by atoms with Gasteiger partial charge in [-0.25, -0.2) is 0 Å². The Bertz CT molecular complexity index is 64.4. The molecule has 1 fully saturated rings. The Hall–Kier alpha value is -0.0400. The molecule has 0 bridgehead atoms. The van der Waals surface area contributed by atoms with Gasteiger partial charge in [0.1, 0.15) is 0 Å². The van der Waals surface area contributed by atoms with E-state index < -0.39 is 0 Å². The number of likely N-dealkylation sites (tertiary alicyclic amines) is 1. The number of nitrogens with zero attached hydrogens (tertiary/aromatic N) is 1. The molecule has 0 aromatic rings. The zero-order chi connectivity index (χ0) is 7.98. The standard InChI is InChI=1S/C7H15N.C2H6/c1-3-7(2)8-5-4-6-8;1-2/h7H,3-6H2,1-2H3;1-2H3. The summed E-state index contributed by atoms with van der Waals surface area (Å²) in [5.74, 6) is 0. The maximum absolute atomic E-state index is 2.53. The fraction of sp³-hybridized carbons (Fsp3) is 1.00. The summed E-state index contributed by atoms with van der Waals surface area (Å²) in [6.07, 6.45) is 2.73. The smallest absolute Gasteiger partial charge is 0.00643 e. The zero-order valence-electron chi connectivity index (χ0n) is 7.85. The van der Waals surface area contributed by atoms with Gasteiger partial charge in [0.2, 0.25) is 0 Å². The van der Waals surface area contributed by atoms with Gasteiger partial charge in [-0.2, -0.15) is 0 Å². The van der Waals surface area contributed by atoms with Crippen LogP contribution in [0.1, 0.15) is 40.5 Å². The van der Waals surface area contributed by atoms with Crippen molar-refractivity contribution in [3.8, 4) is 0 Å². The molecule has 1 rings (SSSR count). The molecule has 1 aliphatic rings. The van der Waals surface area contributed by atoms with Crippen LogP contribution in [0.25, 0.3) is 0 Å². The fourth-order valence-corrected chi connectivity index (χ4v) is 1.04. The maximum Gasteiger partial charge on any atom is 0.00643 e. The molecular formula is C9H21N. The predicted molar refractivity (Wildman–Crippen MR) is 47.3 cm³/mol. The van der Waals surface area contributed by atoms with Gasteiger partial charge in [-0.15, -0.1) is 0 Å². The first-order chi connectivity index (χ1) is 4.84. The van der Waals surface area contributed by atoms with E-state index in [1.807, 2.05) is 13.8 Å². The Labute approximate surface area is 65.4 Å². The van der Waals surface area contributed by atoms with E-state index in [-0.39, 0.29) is 0 Å². The number of hydrogen-bond acceptors (Lipinski definition) is 1. The average molecular weight is 143 g/mol. The Kier molecular flexibility index (Phi) is 5.70. The molecule has 1 nitrogen and oxygen atoms in total. The van der Waals surface area contributed by atoms with Crippen LogP contribution in [-0.2, 0) is 0 Å². The molecule has 1 unspecified atom stereocenters. The molecule has 0 aromatic heterocycles. The molecule has 1 heterocycles. The summed E-state index contributed by atoms with van der Waals surface area (Å²) in [6.45, 7) is 11.2. The molecule has 0 saturated carbocycles. The van der Waals surface area contributed by atoms with E-state index in [1.54, 1.807) is 0 Å². The van der Waals surface area contributed by atoms with Crippen LogP contribution in [0.2, 0.25) is 0 Å². The molecule has 0 spiro atoms. The molecule has 0 aliphatic carbocycles. The third-order valence-corrected chi connectivity index (χ3v) is 2.10. The molecule has 0 aromatic carbocycles. The third kappa shape index (κ3) is 2.70. The molecule has 1 saturated heterocycles. The van der Waals surface area contributed by atoms with Gasteiger partial charge in [-0.3, -0.25) is 0 Å². The summed E-state index contributed by atoms with van der Waals surface area (Å²) in [7, 11) is 0. The minimum Gasteiger partial charge on any atom is -0.301 e. The van der Waals surface area contributed by atoms with Crippen molar-refractivity contribution in [2.24, 2.45) is 0 Å². The lowest BCUT2D eigenvalue weighted by Gasteiger charge is -2.35. The number of hydrogen-bond donors (Lipinski definition) is 0. The highest BCUT2D eigenvalue weighted by Crippen LogP contribution is 2.12. The van der Waals surface area contributed by atoms with Crippen LogP contribution in [0.3, 0.4) is 0 Å². The van der Waals surface area contributed by atoms with Crippen LogP contribution in [0.4, 0.5) is 0 Å². The highest BCUT2D eigenvalue weighted by Gasteiger charge is 2.17. The van der Waals surface area contributed by atoms with Gasteiger partial charge in [0.25, 0.3) is 0 Å².